The van der Waals surface area contributed by atoms with Crippen LogP contribution in [-0.2, 0) is 19.6 Å². The van der Waals surface area contributed by atoms with E-state index in [-0.39, 0.29) is 52.8 Å². The van der Waals surface area contributed by atoms with Gasteiger partial charge in [0.05, 0.1) is 0 Å². The van der Waals surface area contributed by atoms with Crippen molar-refractivity contribution in [3.8, 4) is 5.75 Å². The minimum Gasteiger partial charge on any atom is -1.00 e. The molecule has 1 N–H and O–H groups in total. The third-order valence-electron chi connectivity index (χ3n) is 2.80. The number of rotatable bonds is 6. The molecule has 1 aromatic carbocycles. The number of benzene rings is 1. The van der Waals surface area contributed by atoms with Crippen LogP contribution >= 0.6 is 0 Å². The molecule has 0 fully saturated rings. The Bertz CT molecular complexity index is 394. The molecule has 0 heterocycles. The molecule has 0 spiro atoms. The zero-order valence-corrected chi connectivity index (χ0v) is 17.2. The van der Waals surface area contributed by atoms with E-state index in [1.165, 1.54) is 5.56 Å². The van der Waals surface area contributed by atoms with E-state index < -0.39 is 0 Å². The molecule has 0 atom stereocenters. The molecule has 0 bridgehead atoms. The Morgan fingerprint density at radius 3 is 1.45 bits per heavy atom. The smallest absolute Gasteiger partial charge is 1.00 e. The van der Waals surface area contributed by atoms with Crippen molar-refractivity contribution in [1.29, 1.82) is 0 Å². The summed E-state index contributed by atoms with van der Waals surface area (Å²) in [6, 6.07) is 4.21. The van der Waals surface area contributed by atoms with Gasteiger partial charge < -0.3 is 21.2 Å². The molecule has 0 saturated heterocycles. The first-order chi connectivity index (χ1) is 8.79. The fourth-order valence-corrected chi connectivity index (χ4v) is 2.21. The number of hydrogen-bond donors (Lipinski definition) is 1. The number of aromatic hydroxyl groups is 1. The Kier molecular flexibility index (Phi) is 9.79. The summed E-state index contributed by atoms with van der Waals surface area (Å²) < 4.78 is 0. The maximum absolute atomic E-state index is 10.4. The van der Waals surface area contributed by atoms with Crippen LogP contribution < -0.4 is 51.4 Å². The van der Waals surface area contributed by atoms with Crippen LogP contribution in [0.15, 0.2) is 12.1 Å². The molecule has 0 unspecified atom stereocenters. The van der Waals surface area contributed by atoms with Crippen LogP contribution in [0.25, 0.3) is 0 Å². The molecule has 0 amide bonds. The van der Waals surface area contributed by atoms with Gasteiger partial charge in [0.2, 0.25) is 0 Å². The van der Waals surface area contributed by atoms with E-state index >= 15 is 0 Å². The van der Waals surface area contributed by atoms with Crippen molar-refractivity contribution in [3.63, 3.8) is 0 Å². The van der Waals surface area contributed by atoms with Gasteiger partial charge in [0.15, 0.2) is 0 Å². The summed E-state index contributed by atoms with van der Waals surface area (Å²) >= 11 is 0. The van der Waals surface area contributed by atoms with E-state index in [0.717, 1.165) is 30.8 Å². The van der Waals surface area contributed by atoms with E-state index in [9.17, 15) is 5.11 Å². The van der Waals surface area contributed by atoms with E-state index in [4.69, 9.17) is 0 Å². The van der Waals surface area contributed by atoms with E-state index in [1.54, 1.807) is 0 Å². The van der Waals surface area contributed by atoms with Crippen LogP contribution in [0.1, 0.15) is 18.1 Å². The molecule has 110 valence electrons. The zero-order valence-electron chi connectivity index (χ0n) is 15.1. The van der Waals surface area contributed by atoms with Gasteiger partial charge in [-0.05, 0) is 60.0 Å². The Morgan fingerprint density at radius 2 is 1.15 bits per heavy atom. The number of phenolic OH excluding ortho intramolecular Hbond substituents is 1. The Hall–Kier alpha value is 0.536. The van der Waals surface area contributed by atoms with Gasteiger partial charge in [0, 0.05) is 30.8 Å². The van der Waals surface area contributed by atoms with E-state index in [2.05, 4.69) is 40.9 Å². The van der Waals surface area contributed by atoms with Crippen LogP contribution in [-0.4, -0.2) is 62.1 Å². The van der Waals surface area contributed by atoms with Crippen molar-refractivity contribution in [1.82, 2.24) is 14.7 Å². The fourth-order valence-electron chi connectivity index (χ4n) is 2.21. The van der Waals surface area contributed by atoms with Crippen molar-refractivity contribution in [2.24, 2.45) is 0 Å². The molecule has 0 aliphatic carbocycles. The summed E-state index contributed by atoms with van der Waals surface area (Å²) in [5.74, 6) is 0.435. The van der Waals surface area contributed by atoms with Gasteiger partial charge in [-0.2, -0.15) is 0 Å². The molecular formula is C15H28KN3O. The second kappa shape index (κ2) is 9.53. The summed E-state index contributed by atoms with van der Waals surface area (Å²) in [5, 5.41) is 10.4. The predicted octanol–water partition coefficient (Wildman–Crippen LogP) is -1.31. The molecular weight excluding hydrogens is 277 g/mol. The molecule has 0 radical (unpaired) electrons. The Morgan fingerprint density at radius 1 is 0.800 bits per heavy atom. The second-order valence-corrected chi connectivity index (χ2v) is 5.98. The third-order valence-corrected chi connectivity index (χ3v) is 2.80. The first-order valence-electron chi connectivity index (χ1n) is 6.57. The zero-order chi connectivity index (χ0) is 14.6. The normalized spacial score (nSPS) is 11.2. The summed E-state index contributed by atoms with van der Waals surface area (Å²) in [4.78, 5) is 6.30. The minimum atomic E-state index is 0. The van der Waals surface area contributed by atoms with Crippen molar-refractivity contribution in [2.45, 2.75) is 19.6 Å². The number of hydrogen-bond acceptors (Lipinski definition) is 4. The van der Waals surface area contributed by atoms with Crippen molar-refractivity contribution in [2.75, 3.05) is 42.3 Å². The molecule has 5 heteroatoms. The molecule has 0 saturated carbocycles. The van der Waals surface area contributed by atoms with Crippen molar-refractivity contribution < 1.29 is 57.9 Å². The van der Waals surface area contributed by atoms with Crippen LogP contribution in [0, 0.1) is 0 Å². The third kappa shape index (κ3) is 7.00. The molecule has 4 nitrogen and oxygen atoms in total. The number of nitrogens with zero attached hydrogens (tertiary/aromatic N) is 3. The standard InChI is InChI=1S/C15H27N3O.K.H/c1-16(2)9-12-7-13(10-17(3)4)15(19)14(8-12)11-18(5)6;;/h7-8,19H,9-11H2,1-6H3;;/q;+1;-1. The average molecular weight is 306 g/mol. The van der Waals surface area contributed by atoms with Gasteiger partial charge in [-0.3, -0.25) is 0 Å². The average Bonchev–Trinajstić information content (AvgIpc) is 2.22. The topological polar surface area (TPSA) is 30.0 Å². The summed E-state index contributed by atoms with van der Waals surface area (Å²) in [6.07, 6.45) is 0. The summed E-state index contributed by atoms with van der Waals surface area (Å²) in [6.45, 7) is 2.40. The Balaban J connectivity index is 0. The van der Waals surface area contributed by atoms with Crippen LogP contribution in [0.3, 0.4) is 0 Å². The van der Waals surface area contributed by atoms with Gasteiger partial charge in [-0.15, -0.1) is 0 Å². The summed E-state index contributed by atoms with van der Waals surface area (Å²) in [7, 11) is 12.2. The van der Waals surface area contributed by atoms with Gasteiger partial charge in [-0.25, -0.2) is 0 Å². The molecule has 1 rings (SSSR count). The largest absolute Gasteiger partial charge is 1.00 e. The van der Waals surface area contributed by atoms with Crippen LogP contribution in [0.4, 0.5) is 0 Å². The van der Waals surface area contributed by atoms with E-state index in [0.29, 0.717) is 5.75 Å². The molecule has 0 aliphatic heterocycles. The fraction of sp³-hybridized carbons (Fsp3) is 0.600. The quantitative estimate of drug-likeness (QED) is 0.661. The van der Waals surface area contributed by atoms with Gasteiger partial charge >= 0.3 is 51.4 Å². The van der Waals surface area contributed by atoms with E-state index in [1.807, 2.05) is 28.2 Å². The van der Waals surface area contributed by atoms with Gasteiger partial charge in [-0.1, -0.05) is 0 Å². The first kappa shape index (κ1) is 20.5. The maximum atomic E-state index is 10.4. The molecule has 20 heavy (non-hydrogen) atoms. The first-order valence-corrected chi connectivity index (χ1v) is 6.57. The Labute approximate surface area is 167 Å². The molecule has 0 aromatic heterocycles. The number of phenols is 1. The van der Waals surface area contributed by atoms with Crippen LogP contribution in [0.5, 0.6) is 5.75 Å². The minimum absolute atomic E-state index is 0. The second-order valence-electron chi connectivity index (χ2n) is 5.98. The monoisotopic (exact) mass is 305 g/mol. The van der Waals surface area contributed by atoms with Crippen molar-refractivity contribution in [3.05, 3.63) is 28.8 Å². The molecule has 1 aromatic rings. The van der Waals surface area contributed by atoms with Crippen molar-refractivity contribution >= 4 is 0 Å². The summed E-state index contributed by atoms with van der Waals surface area (Å²) in [5.41, 5.74) is 3.25. The maximum Gasteiger partial charge on any atom is 1.00 e. The van der Waals surface area contributed by atoms with Crippen LogP contribution in [0.2, 0.25) is 0 Å². The predicted molar refractivity (Wildman–Crippen MR) is 81.4 cm³/mol. The van der Waals surface area contributed by atoms with Gasteiger partial charge in [0.1, 0.15) is 5.75 Å². The SMILES string of the molecule is CN(C)Cc1cc(CN(C)C)c(O)c(CN(C)C)c1.[H-].[K+]. The molecule has 0 aliphatic rings. The van der Waals surface area contributed by atoms with Gasteiger partial charge in [0.25, 0.3) is 0 Å².